The largest absolute Gasteiger partial charge is 0.457 e. The Kier molecular flexibility index (Phi) is 11.1. The van der Waals surface area contributed by atoms with Crippen LogP contribution >= 0.6 is 0 Å². The van der Waals surface area contributed by atoms with E-state index in [1.54, 1.807) is 0 Å². The molecule has 1 aliphatic heterocycles. The van der Waals surface area contributed by atoms with Gasteiger partial charge in [-0.3, -0.25) is 4.57 Å². The highest BCUT2D eigenvalue weighted by atomic mass is 16.5. The molecule has 1 unspecified atom stereocenters. The molecule has 5 nitrogen and oxygen atoms in total. The number of para-hydroxylation sites is 1. The normalized spacial score (nSPS) is 14.4. The SMILES string of the molecule is CC(C)(C)c1ccnc(-n2c3ccccc3c3ccc(Oc4cccc(N5CC(Nc6cc(C(C)(C)c7ccccc7)cc(C(C)(C)c7ccccc7)c6)c6cc(C(C)(C)C)ccc65)c4)cc32)c1. The zero-order valence-electron chi connectivity index (χ0n) is 41.4. The first kappa shape index (κ1) is 44.7. The fourth-order valence-corrected chi connectivity index (χ4v) is 10.1. The van der Waals surface area contributed by atoms with Gasteiger partial charge in [0.05, 0.1) is 17.1 Å². The van der Waals surface area contributed by atoms with Gasteiger partial charge in [-0.2, -0.15) is 0 Å². The summed E-state index contributed by atoms with van der Waals surface area (Å²) in [6.07, 6.45) is 1.93. The number of hydrogen-bond donors (Lipinski definition) is 1. The Hall–Kier alpha value is -7.11. The number of hydrogen-bond acceptors (Lipinski definition) is 4. The van der Waals surface area contributed by atoms with Crippen molar-refractivity contribution in [1.82, 2.24) is 9.55 Å². The highest BCUT2D eigenvalue weighted by Crippen LogP contribution is 2.46. The van der Waals surface area contributed by atoms with Crippen LogP contribution in [0, 0.1) is 0 Å². The van der Waals surface area contributed by atoms with Crippen LogP contribution in [0.2, 0.25) is 0 Å². The summed E-state index contributed by atoms with van der Waals surface area (Å²) in [6, 6.07) is 64.0. The maximum Gasteiger partial charge on any atom is 0.137 e. The lowest BCUT2D eigenvalue weighted by Gasteiger charge is -2.32. The van der Waals surface area contributed by atoms with Gasteiger partial charge in [-0.1, -0.05) is 172 Å². The average Bonchev–Trinajstić information content (AvgIpc) is 3.86. The Bertz CT molecular complexity index is 3220. The summed E-state index contributed by atoms with van der Waals surface area (Å²) in [4.78, 5) is 7.35. The van der Waals surface area contributed by atoms with Crippen molar-refractivity contribution >= 4 is 38.9 Å². The third kappa shape index (κ3) is 8.33. The van der Waals surface area contributed by atoms with E-state index in [0.29, 0.717) is 0 Å². The fourth-order valence-electron chi connectivity index (χ4n) is 10.1. The molecule has 342 valence electrons. The van der Waals surface area contributed by atoms with Crippen LogP contribution in [0.1, 0.15) is 114 Å². The topological polar surface area (TPSA) is 42.3 Å². The van der Waals surface area contributed by atoms with Crippen molar-refractivity contribution in [3.63, 3.8) is 0 Å². The molecular weight excluding hydrogens is 829 g/mol. The first-order valence-electron chi connectivity index (χ1n) is 24.2. The summed E-state index contributed by atoms with van der Waals surface area (Å²) in [6.45, 7) is 23.8. The Morgan fingerprint density at radius 3 is 1.75 bits per heavy atom. The number of nitrogens with one attached hydrogen (secondary N) is 1. The number of benzene rings is 7. The number of nitrogens with zero attached hydrogens (tertiary/aromatic N) is 3. The molecule has 5 heteroatoms. The van der Waals surface area contributed by atoms with Crippen LogP contribution < -0.4 is 15.0 Å². The average molecular weight is 893 g/mol. The molecule has 0 bridgehead atoms. The van der Waals surface area contributed by atoms with Crippen molar-refractivity contribution in [2.75, 3.05) is 16.8 Å². The number of fused-ring (bicyclic) bond motifs is 4. The van der Waals surface area contributed by atoms with Crippen molar-refractivity contribution in [2.24, 2.45) is 0 Å². The molecule has 0 saturated carbocycles. The Morgan fingerprint density at radius 2 is 1.09 bits per heavy atom. The van der Waals surface area contributed by atoms with E-state index < -0.39 is 0 Å². The van der Waals surface area contributed by atoms with Crippen molar-refractivity contribution in [3.8, 4) is 17.3 Å². The van der Waals surface area contributed by atoms with Gasteiger partial charge in [0.15, 0.2) is 0 Å². The molecule has 0 amide bonds. The van der Waals surface area contributed by atoms with Crippen LogP contribution in [0.4, 0.5) is 17.1 Å². The highest BCUT2D eigenvalue weighted by molar-refractivity contribution is 6.09. The summed E-state index contributed by atoms with van der Waals surface area (Å²) in [7, 11) is 0. The van der Waals surface area contributed by atoms with Crippen molar-refractivity contribution in [1.29, 1.82) is 0 Å². The van der Waals surface area contributed by atoms with E-state index in [4.69, 9.17) is 9.72 Å². The van der Waals surface area contributed by atoms with Crippen molar-refractivity contribution in [2.45, 2.75) is 96.9 Å². The van der Waals surface area contributed by atoms with E-state index in [1.807, 2.05) is 6.20 Å². The van der Waals surface area contributed by atoms with Crippen LogP contribution in [0.25, 0.3) is 27.6 Å². The van der Waals surface area contributed by atoms with Crippen molar-refractivity contribution in [3.05, 3.63) is 221 Å². The smallest absolute Gasteiger partial charge is 0.137 e. The minimum absolute atomic E-state index is 0.00841. The van der Waals surface area contributed by atoms with E-state index in [2.05, 4.69) is 260 Å². The zero-order valence-corrected chi connectivity index (χ0v) is 41.4. The molecule has 1 atom stereocenters. The van der Waals surface area contributed by atoms with Gasteiger partial charge >= 0.3 is 0 Å². The number of aromatic nitrogens is 2. The summed E-state index contributed by atoms with van der Waals surface area (Å²) in [5.41, 5.74) is 14.1. The molecule has 0 aliphatic carbocycles. The molecule has 9 aromatic rings. The minimum Gasteiger partial charge on any atom is -0.457 e. The molecule has 7 aromatic carbocycles. The maximum absolute atomic E-state index is 6.81. The quantitative estimate of drug-likeness (QED) is 0.149. The van der Waals surface area contributed by atoms with E-state index in [9.17, 15) is 0 Å². The van der Waals surface area contributed by atoms with Gasteiger partial charge < -0.3 is 15.0 Å². The van der Waals surface area contributed by atoms with E-state index in [0.717, 1.165) is 51.7 Å². The first-order valence-corrected chi connectivity index (χ1v) is 24.2. The molecule has 68 heavy (non-hydrogen) atoms. The molecule has 0 fully saturated rings. The highest BCUT2D eigenvalue weighted by Gasteiger charge is 2.34. The van der Waals surface area contributed by atoms with Crippen LogP contribution in [0.5, 0.6) is 11.5 Å². The number of pyridine rings is 1. The van der Waals surface area contributed by atoms with Gasteiger partial charge in [-0.25, -0.2) is 4.98 Å². The molecular formula is C63H64N4O. The van der Waals surface area contributed by atoms with Crippen molar-refractivity contribution < 1.29 is 4.74 Å². The molecule has 1 N–H and O–H groups in total. The monoisotopic (exact) mass is 893 g/mol. The molecule has 0 saturated heterocycles. The summed E-state index contributed by atoms with van der Waals surface area (Å²) in [5, 5.41) is 6.49. The number of anilines is 3. The predicted octanol–water partition coefficient (Wildman–Crippen LogP) is 16.5. The van der Waals surface area contributed by atoms with E-state index in [-0.39, 0.29) is 27.7 Å². The minimum atomic E-state index is -0.227. The summed E-state index contributed by atoms with van der Waals surface area (Å²) >= 11 is 0. The lowest BCUT2D eigenvalue weighted by atomic mass is 9.73. The lowest BCUT2D eigenvalue weighted by molar-refractivity contribution is 0.483. The van der Waals surface area contributed by atoms with Gasteiger partial charge in [-0.05, 0) is 105 Å². The van der Waals surface area contributed by atoms with Crippen LogP contribution in [-0.2, 0) is 21.7 Å². The third-order valence-corrected chi connectivity index (χ3v) is 14.5. The van der Waals surface area contributed by atoms with Crippen LogP contribution in [0.15, 0.2) is 182 Å². The number of ether oxygens (including phenoxy) is 1. The molecule has 3 heterocycles. The van der Waals surface area contributed by atoms with Crippen LogP contribution in [0.3, 0.4) is 0 Å². The van der Waals surface area contributed by atoms with Gasteiger partial charge in [0.1, 0.15) is 17.3 Å². The Balaban J connectivity index is 1.01. The summed E-state index contributed by atoms with van der Waals surface area (Å²) in [5.74, 6) is 2.45. The van der Waals surface area contributed by atoms with Gasteiger partial charge in [-0.15, -0.1) is 0 Å². The Morgan fingerprint density at radius 1 is 0.485 bits per heavy atom. The number of rotatable bonds is 10. The van der Waals surface area contributed by atoms with E-state index >= 15 is 0 Å². The van der Waals surface area contributed by atoms with E-state index in [1.165, 1.54) is 50.0 Å². The fraction of sp³-hybridized carbons (Fsp3) is 0.254. The first-order chi connectivity index (χ1) is 32.4. The third-order valence-electron chi connectivity index (χ3n) is 14.5. The lowest BCUT2D eigenvalue weighted by Crippen LogP contribution is -2.24. The Labute approximate surface area is 403 Å². The second-order valence-corrected chi connectivity index (χ2v) is 21.9. The maximum atomic E-state index is 6.81. The van der Waals surface area contributed by atoms with Crippen LogP contribution in [-0.4, -0.2) is 16.1 Å². The molecule has 0 spiro atoms. The zero-order chi connectivity index (χ0) is 47.6. The second-order valence-electron chi connectivity index (χ2n) is 21.9. The van der Waals surface area contributed by atoms with Gasteiger partial charge in [0.25, 0.3) is 0 Å². The molecule has 2 aromatic heterocycles. The standard InChI is InChI=1S/C63H64N4O/c1-60(2,3)44-28-31-56-54(37-44)55(65-48-35-46(62(7,8)42-20-13-11-14-21-42)34-47(36-48)63(9,10)43-22-15-12-16-23-43)41-66(56)49-24-19-25-50(39-49)68-51-29-30-53-52-26-17-18-27-57(52)67(58(53)40-51)59-38-45(32-33-64-59)61(4,5)6/h11-40,55,65H,41H2,1-10H3. The predicted molar refractivity (Wildman–Crippen MR) is 286 cm³/mol. The molecule has 1 aliphatic rings. The van der Waals surface area contributed by atoms with Gasteiger partial charge in [0.2, 0.25) is 0 Å². The molecule has 10 rings (SSSR count). The molecule has 0 radical (unpaired) electrons. The van der Waals surface area contributed by atoms with Gasteiger partial charge in [0, 0.05) is 69.1 Å². The second kappa shape index (κ2) is 16.9. The summed E-state index contributed by atoms with van der Waals surface area (Å²) < 4.78 is 9.08.